The molecule has 1 aromatic rings. The third kappa shape index (κ3) is 4.31. The summed E-state index contributed by atoms with van der Waals surface area (Å²) in [6, 6.07) is 5.96. The number of nitrogens with one attached hydrogen (secondary N) is 1. The minimum absolute atomic E-state index is 0.0263. The fourth-order valence-corrected chi connectivity index (χ4v) is 2.21. The normalized spacial score (nSPS) is 10.0. The van der Waals surface area contributed by atoms with Crippen LogP contribution in [-0.2, 0) is 4.79 Å². The van der Waals surface area contributed by atoms with Gasteiger partial charge in [0.05, 0.1) is 5.75 Å². The topological polar surface area (TPSA) is 32.3 Å². The zero-order valence-electron chi connectivity index (χ0n) is 11.1. The van der Waals surface area contributed by atoms with Crippen molar-refractivity contribution in [2.45, 2.75) is 13.8 Å². The standard InChI is InChI=1S/C13H18N2OS2/c1-9-6-5-7-10(2)12(9)14-11(16)8-18-13(17)15(3)4/h5-7H,8H2,1-4H3,(H,14,16). The van der Waals surface area contributed by atoms with Crippen LogP contribution in [0.15, 0.2) is 18.2 Å². The summed E-state index contributed by atoms with van der Waals surface area (Å²) in [6.07, 6.45) is 0. The van der Waals surface area contributed by atoms with Gasteiger partial charge in [-0.3, -0.25) is 4.79 Å². The molecule has 1 amide bonds. The Hall–Kier alpha value is -1.07. The molecule has 0 unspecified atom stereocenters. The highest BCUT2D eigenvalue weighted by molar-refractivity contribution is 8.23. The zero-order valence-corrected chi connectivity index (χ0v) is 12.7. The van der Waals surface area contributed by atoms with E-state index in [0.29, 0.717) is 10.1 Å². The average molecular weight is 282 g/mol. The smallest absolute Gasteiger partial charge is 0.234 e. The molecule has 0 aromatic heterocycles. The molecule has 0 bridgehead atoms. The second kappa shape index (κ2) is 6.75. The Morgan fingerprint density at radius 1 is 1.33 bits per heavy atom. The predicted molar refractivity (Wildman–Crippen MR) is 83.3 cm³/mol. The van der Waals surface area contributed by atoms with Gasteiger partial charge in [0.15, 0.2) is 0 Å². The van der Waals surface area contributed by atoms with E-state index in [0.717, 1.165) is 16.8 Å². The lowest BCUT2D eigenvalue weighted by molar-refractivity contribution is -0.113. The summed E-state index contributed by atoms with van der Waals surface area (Å²) >= 11 is 6.49. The van der Waals surface area contributed by atoms with Crippen molar-refractivity contribution in [3.63, 3.8) is 0 Å². The molecule has 1 N–H and O–H groups in total. The van der Waals surface area contributed by atoms with E-state index in [1.807, 2.05) is 51.0 Å². The van der Waals surface area contributed by atoms with Crippen LogP contribution in [0.3, 0.4) is 0 Å². The Morgan fingerprint density at radius 3 is 2.39 bits per heavy atom. The van der Waals surface area contributed by atoms with Gasteiger partial charge in [0.1, 0.15) is 4.32 Å². The highest BCUT2D eigenvalue weighted by atomic mass is 32.2. The molecule has 0 aliphatic heterocycles. The number of thioether (sulfide) groups is 1. The molecule has 0 spiro atoms. The molecule has 18 heavy (non-hydrogen) atoms. The molecule has 0 aliphatic carbocycles. The number of benzene rings is 1. The molecule has 3 nitrogen and oxygen atoms in total. The van der Waals surface area contributed by atoms with Crippen LogP contribution in [0.2, 0.25) is 0 Å². The first kappa shape index (κ1) is 15.0. The minimum Gasteiger partial charge on any atom is -0.364 e. The minimum atomic E-state index is -0.0263. The first-order valence-corrected chi connectivity index (χ1v) is 7.01. The molecular formula is C13H18N2OS2. The number of aryl methyl sites for hydroxylation is 2. The molecule has 0 saturated carbocycles. The SMILES string of the molecule is Cc1cccc(C)c1NC(=O)CSC(=S)N(C)C. The molecule has 0 heterocycles. The summed E-state index contributed by atoms with van der Waals surface area (Å²) in [5.74, 6) is 0.312. The van der Waals surface area contributed by atoms with Crippen LogP contribution in [-0.4, -0.2) is 35.0 Å². The molecule has 1 aromatic carbocycles. The van der Waals surface area contributed by atoms with Gasteiger partial charge in [-0.1, -0.05) is 42.2 Å². The van der Waals surface area contributed by atoms with E-state index in [9.17, 15) is 4.79 Å². The largest absolute Gasteiger partial charge is 0.364 e. The van der Waals surface area contributed by atoms with E-state index in [1.165, 1.54) is 11.8 Å². The second-order valence-electron chi connectivity index (χ2n) is 4.26. The molecule has 0 radical (unpaired) electrons. The van der Waals surface area contributed by atoms with Gasteiger partial charge in [-0.2, -0.15) is 0 Å². The molecule has 0 atom stereocenters. The molecule has 1 rings (SSSR count). The number of carbonyl (C=O) groups excluding carboxylic acids is 1. The molecule has 98 valence electrons. The Kier molecular flexibility index (Phi) is 5.62. The number of thiocarbonyl (C=S) groups is 1. The summed E-state index contributed by atoms with van der Waals surface area (Å²) in [7, 11) is 3.75. The average Bonchev–Trinajstić information content (AvgIpc) is 2.30. The van der Waals surface area contributed by atoms with Crippen molar-refractivity contribution in [3.05, 3.63) is 29.3 Å². The van der Waals surface area contributed by atoms with Gasteiger partial charge in [0.2, 0.25) is 5.91 Å². The van der Waals surface area contributed by atoms with Gasteiger partial charge in [-0.25, -0.2) is 0 Å². The monoisotopic (exact) mass is 282 g/mol. The van der Waals surface area contributed by atoms with Crippen molar-refractivity contribution in [3.8, 4) is 0 Å². The predicted octanol–water partition coefficient (Wildman–Crippen LogP) is 2.82. The molecular weight excluding hydrogens is 264 g/mol. The van der Waals surface area contributed by atoms with Crippen molar-refractivity contribution in [1.29, 1.82) is 0 Å². The van der Waals surface area contributed by atoms with Crippen molar-refractivity contribution >= 4 is 39.9 Å². The van der Waals surface area contributed by atoms with Crippen LogP contribution in [0, 0.1) is 13.8 Å². The molecule has 0 fully saturated rings. The van der Waals surface area contributed by atoms with Gasteiger partial charge < -0.3 is 10.2 Å². The summed E-state index contributed by atoms with van der Waals surface area (Å²) in [5.41, 5.74) is 3.05. The lowest BCUT2D eigenvalue weighted by Gasteiger charge is -2.14. The van der Waals surface area contributed by atoms with Gasteiger partial charge in [0, 0.05) is 19.8 Å². The van der Waals surface area contributed by atoms with E-state index in [2.05, 4.69) is 5.32 Å². The van der Waals surface area contributed by atoms with E-state index in [4.69, 9.17) is 12.2 Å². The lowest BCUT2D eigenvalue weighted by Crippen LogP contribution is -2.21. The summed E-state index contributed by atoms with van der Waals surface area (Å²) in [5, 5.41) is 2.93. The quantitative estimate of drug-likeness (QED) is 0.864. The number of hydrogen-bond acceptors (Lipinski definition) is 3. The van der Waals surface area contributed by atoms with Crippen LogP contribution < -0.4 is 5.32 Å². The van der Waals surface area contributed by atoms with Crippen molar-refractivity contribution in [2.75, 3.05) is 25.2 Å². The summed E-state index contributed by atoms with van der Waals surface area (Å²) in [4.78, 5) is 13.7. The van der Waals surface area contributed by atoms with Crippen molar-refractivity contribution < 1.29 is 4.79 Å². The fraction of sp³-hybridized carbons (Fsp3) is 0.385. The van der Waals surface area contributed by atoms with Crippen LogP contribution in [0.25, 0.3) is 0 Å². The highest BCUT2D eigenvalue weighted by Crippen LogP contribution is 2.19. The zero-order chi connectivity index (χ0) is 13.7. The number of carbonyl (C=O) groups is 1. The van der Waals surface area contributed by atoms with Crippen LogP contribution in [0.1, 0.15) is 11.1 Å². The van der Waals surface area contributed by atoms with Crippen LogP contribution in [0.5, 0.6) is 0 Å². The number of hydrogen-bond donors (Lipinski definition) is 1. The Labute approximate surface area is 118 Å². The Bertz CT molecular complexity index is 438. The number of para-hydroxylation sites is 1. The summed E-state index contributed by atoms with van der Waals surface area (Å²) in [6.45, 7) is 3.97. The van der Waals surface area contributed by atoms with E-state index in [-0.39, 0.29) is 5.91 Å². The fourth-order valence-electron chi connectivity index (χ4n) is 1.44. The Balaban J connectivity index is 2.58. The van der Waals surface area contributed by atoms with Gasteiger partial charge in [-0.05, 0) is 25.0 Å². The third-order valence-electron chi connectivity index (χ3n) is 2.44. The maximum atomic E-state index is 11.8. The van der Waals surface area contributed by atoms with E-state index in [1.54, 1.807) is 0 Å². The molecule has 5 heteroatoms. The van der Waals surface area contributed by atoms with Crippen LogP contribution >= 0.6 is 24.0 Å². The molecule has 0 aliphatic rings. The second-order valence-corrected chi connectivity index (χ2v) is 5.87. The maximum Gasteiger partial charge on any atom is 0.234 e. The number of amides is 1. The number of rotatable bonds is 3. The lowest BCUT2D eigenvalue weighted by atomic mass is 10.1. The summed E-state index contributed by atoms with van der Waals surface area (Å²) < 4.78 is 0.714. The first-order chi connectivity index (χ1) is 8.41. The van der Waals surface area contributed by atoms with Gasteiger partial charge in [-0.15, -0.1) is 0 Å². The number of anilines is 1. The molecule has 0 saturated heterocycles. The van der Waals surface area contributed by atoms with Crippen molar-refractivity contribution in [2.24, 2.45) is 0 Å². The number of nitrogens with zero attached hydrogens (tertiary/aromatic N) is 1. The highest BCUT2D eigenvalue weighted by Gasteiger charge is 2.09. The first-order valence-electron chi connectivity index (χ1n) is 5.62. The van der Waals surface area contributed by atoms with Crippen molar-refractivity contribution in [1.82, 2.24) is 4.90 Å². The van der Waals surface area contributed by atoms with Gasteiger partial charge >= 0.3 is 0 Å². The third-order valence-corrected chi connectivity index (χ3v) is 4.17. The van der Waals surface area contributed by atoms with Gasteiger partial charge in [0.25, 0.3) is 0 Å². The van der Waals surface area contributed by atoms with E-state index >= 15 is 0 Å². The van der Waals surface area contributed by atoms with E-state index < -0.39 is 0 Å². The van der Waals surface area contributed by atoms with Crippen LogP contribution in [0.4, 0.5) is 5.69 Å². The Morgan fingerprint density at radius 2 is 1.89 bits per heavy atom. The maximum absolute atomic E-state index is 11.8.